The molecule has 0 unspecified atom stereocenters. The van der Waals surface area contributed by atoms with Crippen molar-refractivity contribution in [3.8, 4) is 5.75 Å². The van der Waals surface area contributed by atoms with Crippen LogP contribution in [0.5, 0.6) is 5.75 Å². The lowest BCUT2D eigenvalue weighted by atomic mass is 10.1. The molecule has 0 aliphatic carbocycles. The maximum absolute atomic E-state index is 13.7. The van der Waals surface area contributed by atoms with E-state index >= 15 is 0 Å². The number of benzene rings is 2. The number of hydrogen-bond acceptors (Lipinski definition) is 7. The van der Waals surface area contributed by atoms with Crippen LogP contribution in [0.15, 0.2) is 48.5 Å². The summed E-state index contributed by atoms with van der Waals surface area (Å²) in [5, 5.41) is 14.3. The Bertz CT molecular complexity index is 1220. The van der Waals surface area contributed by atoms with Gasteiger partial charge in [0.2, 0.25) is 21.8 Å². The second-order valence-corrected chi connectivity index (χ2v) is 10.9. The van der Waals surface area contributed by atoms with Gasteiger partial charge in [-0.3, -0.25) is 24.0 Å². The molecule has 2 aromatic carbocycles. The van der Waals surface area contributed by atoms with Gasteiger partial charge < -0.3 is 15.0 Å². The fourth-order valence-electron chi connectivity index (χ4n) is 3.92. The lowest BCUT2D eigenvalue weighted by Crippen LogP contribution is -2.54. The predicted molar refractivity (Wildman–Crippen MR) is 146 cm³/mol. The molecule has 2 atom stereocenters. The number of carbonyl (C=O) groups is 2. The van der Waals surface area contributed by atoms with Crippen molar-refractivity contribution in [3.05, 3.63) is 64.2 Å². The van der Waals surface area contributed by atoms with Crippen molar-refractivity contribution in [1.82, 2.24) is 10.2 Å². The number of nitro benzene ring substituents is 1. The van der Waals surface area contributed by atoms with Gasteiger partial charge in [-0.05, 0) is 37.8 Å². The van der Waals surface area contributed by atoms with E-state index in [1.807, 2.05) is 44.2 Å². The van der Waals surface area contributed by atoms with Crippen LogP contribution < -0.4 is 14.4 Å². The predicted octanol–water partition coefficient (Wildman–Crippen LogP) is 3.13. The number of hydrogen-bond donors (Lipinski definition) is 1. The van der Waals surface area contributed by atoms with Gasteiger partial charge in [0.05, 0.1) is 18.3 Å². The summed E-state index contributed by atoms with van der Waals surface area (Å²) in [6.45, 7) is 5.07. The molecule has 0 spiro atoms. The molecule has 1 N–H and O–H groups in total. The second kappa shape index (κ2) is 13.8. The number of ether oxygens (including phenoxy) is 1. The van der Waals surface area contributed by atoms with Gasteiger partial charge in [-0.2, -0.15) is 0 Å². The van der Waals surface area contributed by atoms with E-state index in [2.05, 4.69) is 5.32 Å². The fraction of sp³-hybridized carbons (Fsp3) is 0.462. The van der Waals surface area contributed by atoms with E-state index in [1.165, 1.54) is 24.1 Å². The van der Waals surface area contributed by atoms with Crippen LogP contribution in [0, 0.1) is 10.1 Å². The van der Waals surface area contributed by atoms with E-state index in [0.717, 1.165) is 22.2 Å². The molecular weight excluding hydrogens is 512 g/mol. The summed E-state index contributed by atoms with van der Waals surface area (Å²) in [6.07, 6.45) is 2.36. The first-order valence-electron chi connectivity index (χ1n) is 12.4. The number of amides is 2. The molecule has 38 heavy (non-hydrogen) atoms. The number of rotatable bonds is 14. The minimum atomic E-state index is -4.08. The number of nitro groups is 1. The number of non-ortho nitro benzene ring substituents is 1. The van der Waals surface area contributed by atoms with Crippen molar-refractivity contribution in [2.45, 2.75) is 52.1 Å². The Morgan fingerprint density at radius 2 is 1.76 bits per heavy atom. The highest BCUT2D eigenvalue weighted by molar-refractivity contribution is 7.92. The smallest absolute Gasteiger partial charge is 0.271 e. The molecular formula is C26H36N4O7S. The molecule has 2 rings (SSSR count). The molecule has 0 heterocycles. The topological polar surface area (TPSA) is 139 Å². The Balaban J connectivity index is 2.49. The maximum Gasteiger partial charge on any atom is 0.271 e. The van der Waals surface area contributed by atoms with Gasteiger partial charge in [0.15, 0.2) is 0 Å². The zero-order chi connectivity index (χ0) is 28.5. The SMILES string of the molecule is CC[C@@H](C)NC(=O)[C@@H](CC)N(CCc1ccccc1)C(=O)CN(c1cc([N+](=O)[O-])ccc1OC)S(C)(=O)=O. The lowest BCUT2D eigenvalue weighted by molar-refractivity contribution is -0.384. The van der Waals surface area contributed by atoms with E-state index < -0.39 is 33.4 Å². The van der Waals surface area contributed by atoms with Crippen LogP contribution in [0.1, 0.15) is 39.2 Å². The van der Waals surface area contributed by atoms with Crippen LogP contribution in [0.3, 0.4) is 0 Å². The highest BCUT2D eigenvalue weighted by Gasteiger charge is 2.33. The Morgan fingerprint density at radius 1 is 1.11 bits per heavy atom. The first-order valence-corrected chi connectivity index (χ1v) is 14.2. The van der Waals surface area contributed by atoms with E-state index in [4.69, 9.17) is 4.74 Å². The van der Waals surface area contributed by atoms with Crippen LogP contribution in [0.25, 0.3) is 0 Å². The molecule has 0 fully saturated rings. The summed E-state index contributed by atoms with van der Waals surface area (Å²) in [6, 6.07) is 12.0. The fourth-order valence-corrected chi connectivity index (χ4v) is 4.76. The third-order valence-electron chi connectivity index (χ3n) is 6.19. The molecule has 0 bridgehead atoms. The molecule has 12 heteroatoms. The average molecular weight is 549 g/mol. The monoisotopic (exact) mass is 548 g/mol. The van der Waals surface area contributed by atoms with Gasteiger partial charge >= 0.3 is 0 Å². The molecule has 0 saturated heterocycles. The zero-order valence-electron chi connectivity index (χ0n) is 22.4. The number of carbonyl (C=O) groups excluding carboxylic acids is 2. The molecule has 2 amide bonds. The third kappa shape index (κ3) is 8.17. The number of nitrogens with one attached hydrogen (secondary N) is 1. The Labute approximate surface area is 224 Å². The Kier molecular flexibility index (Phi) is 11.1. The highest BCUT2D eigenvalue weighted by atomic mass is 32.2. The highest BCUT2D eigenvalue weighted by Crippen LogP contribution is 2.33. The normalized spacial score (nSPS) is 12.8. The first-order chi connectivity index (χ1) is 17.9. The molecule has 208 valence electrons. The van der Waals surface area contributed by atoms with Gasteiger partial charge in [0.25, 0.3) is 5.69 Å². The van der Waals surface area contributed by atoms with E-state index in [9.17, 15) is 28.1 Å². The summed E-state index contributed by atoms with van der Waals surface area (Å²) in [5.74, 6) is -0.903. The van der Waals surface area contributed by atoms with E-state index in [1.54, 1.807) is 6.92 Å². The molecule has 11 nitrogen and oxygen atoms in total. The molecule has 0 saturated carbocycles. The summed E-state index contributed by atoms with van der Waals surface area (Å²) in [7, 11) is -2.78. The minimum Gasteiger partial charge on any atom is -0.495 e. The second-order valence-electron chi connectivity index (χ2n) is 8.95. The first kappa shape index (κ1) is 30.6. The molecule has 2 aromatic rings. The largest absolute Gasteiger partial charge is 0.495 e. The third-order valence-corrected chi connectivity index (χ3v) is 7.32. The summed E-state index contributed by atoms with van der Waals surface area (Å²) < 4.78 is 31.7. The van der Waals surface area contributed by atoms with Gasteiger partial charge in [0.1, 0.15) is 24.0 Å². The minimum absolute atomic E-state index is 0.0474. The van der Waals surface area contributed by atoms with Crippen LogP contribution in [0.2, 0.25) is 0 Å². The lowest BCUT2D eigenvalue weighted by Gasteiger charge is -2.33. The molecule has 0 radical (unpaired) electrons. The maximum atomic E-state index is 13.7. The van der Waals surface area contributed by atoms with Crippen molar-refractivity contribution < 1.29 is 27.7 Å². The average Bonchev–Trinajstić information content (AvgIpc) is 2.88. The van der Waals surface area contributed by atoms with Gasteiger partial charge in [-0.1, -0.05) is 44.2 Å². The summed E-state index contributed by atoms with van der Waals surface area (Å²) >= 11 is 0. The summed E-state index contributed by atoms with van der Waals surface area (Å²) in [4.78, 5) is 39.0. The van der Waals surface area contributed by atoms with Crippen molar-refractivity contribution in [1.29, 1.82) is 0 Å². The zero-order valence-corrected chi connectivity index (χ0v) is 23.2. The van der Waals surface area contributed by atoms with Crippen LogP contribution in [-0.4, -0.2) is 68.6 Å². The standard InChI is InChI=1S/C26H36N4O7S/c1-6-19(3)27-26(32)22(7-2)28(16-15-20-11-9-8-10-12-20)25(31)18-29(38(5,35)36)23-17-21(30(33)34)13-14-24(23)37-4/h8-14,17,19,22H,6-7,15-16,18H2,1-5H3,(H,27,32)/t19-,22-/m1/s1. The number of nitrogens with zero attached hydrogens (tertiary/aromatic N) is 3. The van der Waals surface area contributed by atoms with Crippen molar-refractivity contribution in [2.24, 2.45) is 0 Å². The van der Waals surface area contributed by atoms with Crippen LogP contribution in [-0.2, 0) is 26.0 Å². The molecule has 0 aliphatic rings. The van der Waals surface area contributed by atoms with Gasteiger partial charge in [0, 0.05) is 24.7 Å². The van der Waals surface area contributed by atoms with E-state index in [-0.39, 0.29) is 35.6 Å². The number of sulfonamides is 1. The molecule has 0 aliphatic heterocycles. The van der Waals surface area contributed by atoms with Gasteiger partial charge in [-0.25, -0.2) is 8.42 Å². The van der Waals surface area contributed by atoms with Crippen LogP contribution >= 0.6 is 0 Å². The Hall–Kier alpha value is -3.67. The number of methoxy groups -OCH3 is 1. The van der Waals surface area contributed by atoms with Crippen molar-refractivity contribution in [3.63, 3.8) is 0 Å². The molecule has 0 aromatic heterocycles. The number of anilines is 1. The summed E-state index contributed by atoms with van der Waals surface area (Å²) in [5.41, 5.74) is 0.447. The Morgan fingerprint density at radius 3 is 2.29 bits per heavy atom. The van der Waals surface area contributed by atoms with Crippen LogP contribution in [0.4, 0.5) is 11.4 Å². The quantitative estimate of drug-likeness (QED) is 0.283. The van der Waals surface area contributed by atoms with Gasteiger partial charge in [-0.15, -0.1) is 0 Å². The van der Waals surface area contributed by atoms with Crippen molar-refractivity contribution in [2.75, 3.05) is 30.8 Å². The van der Waals surface area contributed by atoms with Crippen molar-refractivity contribution >= 4 is 33.2 Å². The van der Waals surface area contributed by atoms with E-state index in [0.29, 0.717) is 19.3 Å².